The standard InChI is InChI=1S/C13H17N3S/c1-10(7-8-17-2)15-13-9-14-11-5-3-4-6-12(11)16-13/h3-6,9-10H,7-8H2,1-2H3,(H,15,16). The summed E-state index contributed by atoms with van der Waals surface area (Å²) in [4.78, 5) is 8.93. The smallest absolute Gasteiger partial charge is 0.145 e. The Morgan fingerprint density at radius 2 is 2.06 bits per heavy atom. The molecule has 0 aliphatic rings. The van der Waals surface area contributed by atoms with Crippen LogP contribution in [0.25, 0.3) is 11.0 Å². The SMILES string of the molecule is CSCCC(C)Nc1cnc2ccccc2n1. The molecule has 2 rings (SSSR count). The van der Waals surface area contributed by atoms with Gasteiger partial charge in [0.2, 0.25) is 0 Å². The van der Waals surface area contributed by atoms with E-state index in [1.165, 1.54) is 0 Å². The first kappa shape index (κ1) is 12.2. The summed E-state index contributed by atoms with van der Waals surface area (Å²) in [5.74, 6) is 2.02. The highest BCUT2D eigenvalue weighted by molar-refractivity contribution is 7.98. The lowest BCUT2D eigenvalue weighted by molar-refractivity contribution is 0.767. The summed E-state index contributed by atoms with van der Waals surface area (Å²) in [5.41, 5.74) is 1.88. The molecule has 0 aliphatic carbocycles. The zero-order valence-corrected chi connectivity index (χ0v) is 11.0. The molecule has 1 atom stereocenters. The lowest BCUT2D eigenvalue weighted by Gasteiger charge is -2.13. The normalized spacial score (nSPS) is 12.6. The zero-order valence-electron chi connectivity index (χ0n) is 10.2. The number of nitrogens with zero attached hydrogens (tertiary/aromatic N) is 2. The van der Waals surface area contributed by atoms with Crippen LogP contribution in [0.3, 0.4) is 0 Å². The molecule has 90 valence electrons. The van der Waals surface area contributed by atoms with E-state index < -0.39 is 0 Å². The highest BCUT2D eigenvalue weighted by atomic mass is 32.2. The van der Waals surface area contributed by atoms with E-state index >= 15 is 0 Å². The van der Waals surface area contributed by atoms with Gasteiger partial charge in [0.25, 0.3) is 0 Å². The first-order chi connectivity index (χ1) is 8.29. The largest absolute Gasteiger partial charge is 0.366 e. The van der Waals surface area contributed by atoms with E-state index in [1.54, 1.807) is 6.20 Å². The Balaban J connectivity index is 2.08. The fourth-order valence-electron chi connectivity index (χ4n) is 1.65. The lowest BCUT2D eigenvalue weighted by atomic mass is 10.2. The molecule has 0 spiro atoms. The van der Waals surface area contributed by atoms with E-state index in [0.717, 1.165) is 29.0 Å². The van der Waals surface area contributed by atoms with Gasteiger partial charge >= 0.3 is 0 Å². The molecule has 0 fully saturated rings. The minimum Gasteiger partial charge on any atom is -0.366 e. The van der Waals surface area contributed by atoms with Crippen LogP contribution in [0.5, 0.6) is 0 Å². The average Bonchev–Trinajstić information content (AvgIpc) is 2.36. The van der Waals surface area contributed by atoms with Crippen LogP contribution in [-0.2, 0) is 0 Å². The van der Waals surface area contributed by atoms with Crippen LogP contribution in [-0.4, -0.2) is 28.0 Å². The van der Waals surface area contributed by atoms with Gasteiger partial charge in [0.05, 0.1) is 17.2 Å². The van der Waals surface area contributed by atoms with Crippen molar-refractivity contribution in [2.45, 2.75) is 19.4 Å². The van der Waals surface area contributed by atoms with Gasteiger partial charge in [-0.3, -0.25) is 4.98 Å². The van der Waals surface area contributed by atoms with E-state index in [4.69, 9.17) is 0 Å². The third-order valence-corrected chi connectivity index (χ3v) is 3.24. The number of thioether (sulfide) groups is 1. The second kappa shape index (κ2) is 5.87. The second-order valence-electron chi connectivity index (χ2n) is 4.07. The van der Waals surface area contributed by atoms with Crippen molar-refractivity contribution >= 4 is 28.6 Å². The summed E-state index contributed by atoms with van der Waals surface area (Å²) in [5, 5.41) is 3.38. The van der Waals surface area contributed by atoms with E-state index in [0.29, 0.717) is 6.04 Å². The van der Waals surface area contributed by atoms with Gasteiger partial charge in [0, 0.05) is 6.04 Å². The first-order valence-electron chi connectivity index (χ1n) is 5.77. The van der Waals surface area contributed by atoms with E-state index in [-0.39, 0.29) is 0 Å². The van der Waals surface area contributed by atoms with Crippen molar-refractivity contribution in [3.05, 3.63) is 30.5 Å². The van der Waals surface area contributed by atoms with Gasteiger partial charge in [0.1, 0.15) is 5.82 Å². The topological polar surface area (TPSA) is 37.8 Å². The molecule has 0 bridgehead atoms. The summed E-state index contributed by atoms with van der Waals surface area (Å²) in [6.45, 7) is 2.17. The maximum Gasteiger partial charge on any atom is 0.145 e. The summed E-state index contributed by atoms with van der Waals surface area (Å²) in [6.07, 6.45) is 5.07. The maximum atomic E-state index is 4.54. The van der Waals surface area contributed by atoms with E-state index in [1.807, 2.05) is 36.0 Å². The molecule has 0 aliphatic heterocycles. The molecule has 0 amide bonds. The highest BCUT2D eigenvalue weighted by Gasteiger charge is 2.03. The monoisotopic (exact) mass is 247 g/mol. The van der Waals surface area contributed by atoms with Gasteiger partial charge in [-0.2, -0.15) is 11.8 Å². The van der Waals surface area contributed by atoms with Crippen LogP contribution in [0, 0.1) is 0 Å². The number of rotatable bonds is 5. The molecule has 4 heteroatoms. The molecule has 0 radical (unpaired) electrons. The number of hydrogen-bond donors (Lipinski definition) is 1. The van der Waals surface area contributed by atoms with Gasteiger partial charge in [-0.1, -0.05) is 12.1 Å². The molecule has 1 heterocycles. The predicted octanol–water partition coefficient (Wildman–Crippen LogP) is 3.18. The van der Waals surface area contributed by atoms with Crippen molar-refractivity contribution in [1.82, 2.24) is 9.97 Å². The van der Waals surface area contributed by atoms with Crippen molar-refractivity contribution in [2.75, 3.05) is 17.3 Å². The second-order valence-corrected chi connectivity index (χ2v) is 5.06. The van der Waals surface area contributed by atoms with Crippen molar-refractivity contribution in [3.63, 3.8) is 0 Å². The van der Waals surface area contributed by atoms with Crippen molar-refractivity contribution in [1.29, 1.82) is 0 Å². The molecule has 2 aromatic rings. The number of fused-ring (bicyclic) bond motifs is 1. The van der Waals surface area contributed by atoms with E-state index in [2.05, 4.69) is 28.5 Å². The zero-order chi connectivity index (χ0) is 12.1. The van der Waals surface area contributed by atoms with Gasteiger partial charge in [-0.15, -0.1) is 0 Å². The van der Waals surface area contributed by atoms with Crippen LogP contribution in [0.2, 0.25) is 0 Å². The van der Waals surface area contributed by atoms with Crippen LogP contribution < -0.4 is 5.32 Å². The van der Waals surface area contributed by atoms with Crippen molar-refractivity contribution in [3.8, 4) is 0 Å². The number of nitrogens with one attached hydrogen (secondary N) is 1. The molecule has 0 saturated heterocycles. The Morgan fingerprint density at radius 3 is 2.82 bits per heavy atom. The fourth-order valence-corrected chi connectivity index (χ4v) is 2.24. The third kappa shape index (κ3) is 3.33. The predicted molar refractivity (Wildman–Crippen MR) is 75.6 cm³/mol. The Kier molecular flexibility index (Phi) is 4.20. The van der Waals surface area contributed by atoms with Gasteiger partial charge in [0.15, 0.2) is 0 Å². The van der Waals surface area contributed by atoms with E-state index in [9.17, 15) is 0 Å². The summed E-state index contributed by atoms with van der Waals surface area (Å²) >= 11 is 1.87. The Hall–Kier alpha value is -1.29. The van der Waals surface area contributed by atoms with Crippen molar-refractivity contribution < 1.29 is 0 Å². The minimum atomic E-state index is 0.429. The van der Waals surface area contributed by atoms with Gasteiger partial charge in [-0.25, -0.2) is 4.98 Å². The maximum absolute atomic E-state index is 4.54. The quantitative estimate of drug-likeness (QED) is 0.880. The molecule has 0 saturated carbocycles. The number of benzene rings is 1. The number of anilines is 1. The lowest BCUT2D eigenvalue weighted by Crippen LogP contribution is -2.16. The van der Waals surface area contributed by atoms with Crippen molar-refractivity contribution in [2.24, 2.45) is 0 Å². The minimum absolute atomic E-state index is 0.429. The number of para-hydroxylation sites is 2. The van der Waals surface area contributed by atoms with Crippen LogP contribution in [0.15, 0.2) is 30.5 Å². The summed E-state index contributed by atoms with van der Waals surface area (Å²) < 4.78 is 0. The molecule has 1 aromatic heterocycles. The van der Waals surface area contributed by atoms with Crippen LogP contribution in [0.4, 0.5) is 5.82 Å². The first-order valence-corrected chi connectivity index (χ1v) is 7.16. The molecule has 3 nitrogen and oxygen atoms in total. The molecular formula is C13H17N3S. The van der Waals surface area contributed by atoms with Gasteiger partial charge < -0.3 is 5.32 Å². The Labute approximate surface area is 106 Å². The summed E-state index contributed by atoms with van der Waals surface area (Å²) in [6, 6.07) is 8.35. The molecule has 17 heavy (non-hydrogen) atoms. The highest BCUT2D eigenvalue weighted by Crippen LogP contribution is 2.13. The number of hydrogen-bond acceptors (Lipinski definition) is 4. The molecule has 1 unspecified atom stereocenters. The summed E-state index contributed by atoms with van der Waals surface area (Å²) in [7, 11) is 0. The fraction of sp³-hybridized carbons (Fsp3) is 0.385. The molecule has 1 N–H and O–H groups in total. The van der Waals surface area contributed by atoms with Crippen LogP contribution >= 0.6 is 11.8 Å². The van der Waals surface area contributed by atoms with Gasteiger partial charge in [-0.05, 0) is 37.5 Å². The Morgan fingerprint density at radius 1 is 1.29 bits per heavy atom. The molecule has 1 aromatic carbocycles. The Bertz CT molecular complexity index is 487. The van der Waals surface area contributed by atoms with Crippen LogP contribution in [0.1, 0.15) is 13.3 Å². The third-order valence-electron chi connectivity index (χ3n) is 2.60. The average molecular weight is 247 g/mol. The number of aromatic nitrogens is 2. The molecular weight excluding hydrogens is 230 g/mol.